The van der Waals surface area contributed by atoms with Crippen LogP contribution in [0.1, 0.15) is 52.4 Å². The normalized spacial score (nSPS) is 23.0. The molecule has 0 saturated heterocycles. The Hall–Kier alpha value is -0.920. The van der Waals surface area contributed by atoms with Gasteiger partial charge in [0.2, 0.25) is 11.6 Å². The van der Waals surface area contributed by atoms with Gasteiger partial charge in [-0.2, -0.15) is 0 Å². The molecule has 0 aromatic carbocycles. The smallest absolute Gasteiger partial charge is 0.205 e. The summed E-state index contributed by atoms with van der Waals surface area (Å²) in [7, 11) is 0. The number of allylic oxidation sites excluding steroid dienone is 1. The van der Waals surface area contributed by atoms with E-state index in [1.807, 2.05) is 13.8 Å². The van der Waals surface area contributed by atoms with Gasteiger partial charge in [-0.25, -0.2) is 0 Å². The summed E-state index contributed by atoms with van der Waals surface area (Å²) in [6.07, 6.45) is 6.76. The third kappa shape index (κ3) is 2.90. The van der Waals surface area contributed by atoms with Crippen molar-refractivity contribution < 1.29 is 9.59 Å². The molecular weight excluding hydrogens is 224 g/mol. The minimum absolute atomic E-state index is 0.0688. The van der Waals surface area contributed by atoms with E-state index in [2.05, 4.69) is 6.58 Å². The van der Waals surface area contributed by atoms with Crippen LogP contribution in [0.3, 0.4) is 0 Å². The van der Waals surface area contributed by atoms with Gasteiger partial charge < -0.3 is 0 Å². The van der Waals surface area contributed by atoms with Gasteiger partial charge in [0.25, 0.3) is 0 Å². The fraction of sp³-hybridized carbons (Fsp3) is 0.750. The van der Waals surface area contributed by atoms with Crippen molar-refractivity contribution in [1.82, 2.24) is 0 Å². The van der Waals surface area contributed by atoms with Crippen molar-refractivity contribution in [3.05, 3.63) is 12.2 Å². The van der Waals surface area contributed by atoms with Crippen LogP contribution in [-0.2, 0) is 9.59 Å². The Morgan fingerprint density at radius 2 is 1.78 bits per heavy atom. The Bertz CT molecular complexity index is 361. The maximum atomic E-state index is 12.3. The molecule has 0 aliphatic heterocycles. The maximum absolute atomic E-state index is 12.3. The molecule has 2 atom stereocenters. The topological polar surface area (TPSA) is 34.1 Å². The largest absolute Gasteiger partial charge is 0.291 e. The quantitative estimate of drug-likeness (QED) is 0.510. The molecule has 0 N–H and O–H groups in total. The van der Waals surface area contributed by atoms with Crippen LogP contribution >= 0.6 is 0 Å². The van der Waals surface area contributed by atoms with Crippen molar-refractivity contribution in [2.75, 3.05) is 0 Å². The molecule has 2 aliphatic rings. The van der Waals surface area contributed by atoms with Crippen LogP contribution < -0.4 is 0 Å². The van der Waals surface area contributed by atoms with Crippen molar-refractivity contribution in [3.8, 4) is 0 Å². The molecule has 2 fully saturated rings. The minimum Gasteiger partial charge on any atom is -0.291 e. The van der Waals surface area contributed by atoms with Crippen molar-refractivity contribution >= 4 is 11.6 Å². The molecule has 0 spiro atoms. The van der Waals surface area contributed by atoms with Gasteiger partial charge in [-0.05, 0) is 38.0 Å². The lowest BCUT2D eigenvalue weighted by Gasteiger charge is -2.29. The number of ketones is 2. The Balaban J connectivity index is 1.97. The summed E-state index contributed by atoms with van der Waals surface area (Å²) >= 11 is 0. The van der Waals surface area contributed by atoms with Crippen molar-refractivity contribution in [3.63, 3.8) is 0 Å². The maximum Gasteiger partial charge on any atom is 0.205 e. The molecule has 2 rings (SSSR count). The molecule has 2 nitrogen and oxygen atoms in total. The highest BCUT2D eigenvalue weighted by Gasteiger charge is 2.38. The molecule has 0 heterocycles. The molecule has 18 heavy (non-hydrogen) atoms. The van der Waals surface area contributed by atoms with E-state index >= 15 is 0 Å². The molecule has 1 unspecified atom stereocenters. The molecule has 2 aliphatic carbocycles. The zero-order valence-corrected chi connectivity index (χ0v) is 11.6. The second kappa shape index (κ2) is 5.38. The molecule has 0 aromatic rings. The third-order valence-corrected chi connectivity index (χ3v) is 4.69. The van der Waals surface area contributed by atoms with Crippen LogP contribution in [0.5, 0.6) is 0 Å². The zero-order valence-electron chi connectivity index (χ0n) is 11.6. The molecule has 100 valence electrons. The molecular formula is C16H24O2. The van der Waals surface area contributed by atoms with E-state index in [-0.39, 0.29) is 23.4 Å². The van der Waals surface area contributed by atoms with Crippen LogP contribution in [-0.4, -0.2) is 11.6 Å². The van der Waals surface area contributed by atoms with E-state index in [4.69, 9.17) is 0 Å². The number of carbonyl (C=O) groups excluding carboxylic acids is 2. The average molecular weight is 248 g/mol. The lowest BCUT2D eigenvalue weighted by Crippen LogP contribution is -2.32. The predicted octanol–water partition coefficient (Wildman–Crippen LogP) is 3.55. The number of carbonyl (C=O) groups is 2. The monoisotopic (exact) mass is 248 g/mol. The lowest BCUT2D eigenvalue weighted by atomic mass is 9.75. The number of rotatable bonds is 7. The predicted molar refractivity (Wildman–Crippen MR) is 72.2 cm³/mol. The van der Waals surface area contributed by atoms with E-state index in [9.17, 15) is 9.59 Å². The summed E-state index contributed by atoms with van der Waals surface area (Å²) < 4.78 is 0. The Kier molecular flexibility index (Phi) is 4.04. The summed E-state index contributed by atoms with van der Waals surface area (Å²) in [6, 6.07) is 0. The standard InChI is InChI=1S/C16H24O2/c1-10(2)14(9-12-5-4-6-12)16(18)15(17)11(3)13-7-8-13/h11-14H,1,4-9H2,2-3H3/t11?,14-/m0/s1. The van der Waals surface area contributed by atoms with Crippen molar-refractivity contribution in [2.24, 2.45) is 23.7 Å². The van der Waals surface area contributed by atoms with Gasteiger partial charge in [-0.3, -0.25) is 9.59 Å². The van der Waals surface area contributed by atoms with Crippen LogP contribution in [0.15, 0.2) is 12.2 Å². The Labute approximate surface area is 110 Å². The first-order valence-corrected chi connectivity index (χ1v) is 7.24. The Morgan fingerprint density at radius 3 is 2.17 bits per heavy atom. The van der Waals surface area contributed by atoms with Crippen molar-refractivity contribution in [1.29, 1.82) is 0 Å². The van der Waals surface area contributed by atoms with Gasteiger partial charge in [-0.15, -0.1) is 0 Å². The van der Waals surface area contributed by atoms with E-state index in [0.29, 0.717) is 11.8 Å². The van der Waals surface area contributed by atoms with Crippen molar-refractivity contribution in [2.45, 2.75) is 52.4 Å². The SMILES string of the molecule is C=C(C)[C@H](CC1CCC1)C(=O)C(=O)C(C)C1CC1. The zero-order chi connectivity index (χ0) is 13.3. The van der Waals surface area contributed by atoms with E-state index in [1.165, 1.54) is 19.3 Å². The molecule has 2 saturated carbocycles. The molecule has 2 heteroatoms. The van der Waals surface area contributed by atoms with Crippen LogP contribution in [0.4, 0.5) is 0 Å². The second-order valence-corrected chi connectivity index (χ2v) is 6.29. The number of Topliss-reactive ketones (excluding diaryl/α,β-unsaturated/α-hetero) is 2. The summed E-state index contributed by atoms with van der Waals surface area (Å²) in [4.78, 5) is 24.5. The van der Waals surface area contributed by atoms with Gasteiger partial charge in [0.15, 0.2) is 0 Å². The van der Waals surface area contributed by atoms with Crippen LogP contribution in [0.2, 0.25) is 0 Å². The second-order valence-electron chi connectivity index (χ2n) is 6.29. The van der Waals surface area contributed by atoms with Gasteiger partial charge in [0.1, 0.15) is 0 Å². The van der Waals surface area contributed by atoms with E-state index in [0.717, 1.165) is 24.8 Å². The first-order chi connectivity index (χ1) is 8.50. The first-order valence-electron chi connectivity index (χ1n) is 7.24. The number of hydrogen-bond donors (Lipinski definition) is 0. The highest BCUT2D eigenvalue weighted by Crippen LogP contribution is 2.39. The number of hydrogen-bond acceptors (Lipinski definition) is 2. The van der Waals surface area contributed by atoms with Crippen LogP contribution in [0.25, 0.3) is 0 Å². The molecule has 0 radical (unpaired) electrons. The fourth-order valence-electron chi connectivity index (χ4n) is 2.80. The van der Waals surface area contributed by atoms with E-state index < -0.39 is 0 Å². The Morgan fingerprint density at radius 1 is 1.17 bits per heavy atom. The van der Waals surface area contributed by atoms with Crippen LogP contribution in [0, 0.1) is 23.7 Å². The highest BCUT2D eigenvalue weighted by molar-refractivity contribution is 6.39. The summed E-state index contributed by atoms with van der Waals surface area (Å²) in [5.41, 5.74) is 0.864. The summed E-state index contributed by atoms with van der Waals surface area (Å²) in [6.45, 7) is 7.72. The van der Waals surface area contributed by atoms with Gasteiger partial charge in [0.05, 0.1) is 0 Å². The fourth-order valence-corrected chi connectivity index (χ4v) is 2.80. The summed E-state index contributed by atoms with van der Waals surface area (Å²) in [5.74, 6) is 0.499. The third-order valence-electron chi connectivity index (χ3n) is 4.69. The average Bonchev–Trinajstić information content (AvgIpc) is 3.08. The van der Waals surface area contributed by atoms with E-state index in [1.54, 1.807) is 0 Å². The molecule has 0 amide bonds. The molecule has 0 aromatic heterocycles. The molecule has 0 bridgehead atoms. The minimum atomic E-state index is -0.219. The van der Waals surface area contributed by atoms with Gasteiger partial charge in [0, 0.05) is 11.8 Å². The van der Waals surface area contributed by atoms with Gasteiger partial charge in [-0.1, -0.05) is 38.3 Å². The summed E-state index contributed by atoms with van der Waals surface area (Å²) in [5, 5.41) is 0. The first kappa shape index (κ1) is 13.5. The lowest BCUT2D eigenvalue weighted by molar-refractivity contribution is -0.141. The van der Waals surface area contributed by atoms with Gasteiger partial charge >= 0.3 is 0 Å². The highest BCUT2D eigenvalue weighted by atomic mass is 16.2.